The second kappa shape index (κ2) is 3.99. The van der Waals surface area contributed by atoms with Gasteiger partial charge in [-0.15, -0.1) is 0 Å². The SMILES string of the molecule is Cc1oncc1-c1nc(-c2ccccc2N)no1. The van der Waals surface area contributed by atoms with E-state index < -0.39 is 0 Å². The fraction of sp³-hybridized carbons (Fsp3) is 0.0833. The number of nitrogen functional groups attached to an aromatic ring is 1. The third-order valence-electron chi connectivity index (χ3n) is 2.61. The van der Waals surface area contributed by atoms with Gasteiger partial charge in [-0.2, -0.15) is 4.98 Å². The molecule has 2 N–H and O–H groups in total. The number of benzene rings is 1. The van der Waals surface area contributed by atoms with Gasteiger partial charge in [-0.1, -0.05) is 22.4 Å². The van der Waals surface area contributed by atoms with E-state index in [-0.39, 0.29) is 0 Å². The van der Waals surface area contributed by atoms with E-state index in [2.05, 4.69) is 15.3 Å². The van der Waals surface area contributed by atoms with Crippen LogP contribution in [0.25, 0.3) is 22.8 Å². The molecule has 6 nitrogen and oxygen atoms in total. The van der Waals surface area contributed by atoms with Gasteiger partial charge in [0.25, 0.3) is 5.89 Å². The largest absolute Gasteiger partial charge is 0.398 e. The van der Waals surface area contributed by atoms with Gasteiger partial charge in [-0.3, -0.25) is 0 Å². The quantitative estimate of drug-likeness (QED) is 0.693. The van der Waals surface area contributed by atoms with Crippen LogP contribution >= 0.6 is 0 Å². The minimum absolute atomic E-state index is 0.368. The maximum Gasteiger partial charge on any atom is 0.263 e. The van der Waals surface area contributed by atoms with Crippen LogP contribution in [0.4, 0.5) is 5.69 Å². The lowest BCUT2D eigenvalue weighted by atomic mass is 10.2. The summed E-state index contributed by atoms with van der Waals surface area (Å²) in [5.74, 6) is 1.45. The Hall–Kier alpha value is -2.63. The summed E-state index contributed by atoms with van der Waals surface area (Å²) in [5, 5.41) is 7.58. The fourth-order valence-electron chi connectivity index (χ4n) is 1.65. The van der Waals surface area contributed by atoms with Crippen molar-refractivity contribution in [3.05, 3.63) is 36.2 Å². The first-order valence-electron chi connectivity index (χ1n) is 5.36. The minimum atomic E-state index is 0.368. The van der Waals surface area contributed by atoms with Crippen LogP contribution in [0.15, 0.2) is 39.5 Å². The van der Waals surface area contributed by atoms with Gasteiger partial charge in [0.1, 0.15) is 11.3 Å². The number of anilines is 1. The standard InChI is InChI=1S/C12H10N4O2/c1-7-9(6-14-17-7)12-15-11(16-18-12)8-4-2-3-5-10(8)13/h2-6H,13H2,1H3. The molecule has 0 amide bonds. The van der Waals surface area contributed by atoms with Gasteiger partial charge in [0, 0.05) is 11.3 Å². The van der Waals surface area contributed by atoms with E-state index in [0.717, 1.165) is 5.56 Å². The maximum absolute atomic E-state index is 5.86. The van der Waals surface area contributed by atoms with Crippen molar-refractivity contribution in [3.63, 3.8) is 0 Å². The normalized spacial score (nSPS) is 10.7. The summed E-state index contributed by atoms with van der Waals surface area (Å²) in [6.45, 7) is 1.78. The van der Waals surface area contributed by atoms with Crippen molar-refractivity contribution < 1.29 is 9.05 Å². The predicted octanol–water partition coefficient (Wildman–Crippen LogP) is 2.28. The third-order valence-corrected chi connectivity index (χ3v) is 2.61. The van der Waals surface area contributed by atoms with Crippen LogP contribution in [-0.4, -0.2) is 15.3 Å². The third kappa shape index (κ3) is 1.64. The maximum atomic E-state index is 5.86. The van der Waals surface area contributed by atoms with Crippen LogP contribution in [-0.2, 0) is 0 Å². The van der Waals surface area contributed by atoms with Crippen molar-refractivity contribution in [2.24, 2.45) is 0 Å². The van der Waals surface area contributed by atoms with Gasteiger partial charge in [-0.05, 0) is 19.1 Å². The number of nitrogens with two attached hydrogens (primary N) is 1. The van der Waals surface area contributed by atoms with E-state index in [1.807, 2.05) is 18.2 Å². The highest BCUT2D eigenvalue weighted by Gasteiger charge is 2.16. The number of hydrogen-bond donors (Lipinski definition) is 1. The molecule has 3 rings (SSSR count). The first kappa shape index (κ1) is 10.5. The number of hydrogen-bond acceptors (Lipinski definition) is 6. The molecule has 0 saturated heterocycles. The van der Waals surface area contributed by atoms with Crippen LogP contribution in [0, 0.1) is 6.92 Å². The summed E-state index contributed by atoms with van der Waals surface area (Å²) in [5.41, 5.74) is 7.88. The van der Waals surface area contributed by atoms with Crippen molar-refractivity contribution in [2.75, 3.05) is 5.73 Å². The highest BCUT2D eigenvalue weighted by Crippen LogP contribution is 2.27. The molecule has 2 heterocycles. The number of nitrogens with zero attached hydrogens (tertiary/aromatic N) is 3. The molecule has 18 heavy (non-hydrogen) atoms. The first-order valence-corrected chi connectivity index (χ1v) is 5.36. The Labute approximate surface area is 102 Å². The molecule has 0 bridgehead atoms. The summed E-state index contributed by atoms with van der Waals surface area (Å²) in [7, 11) is 0. The van der Waals surface area contributed by atoms with Crippen LogP contribution in [0.1, 0.15) is 5.76 Å². The molecule has 1 aromatic carbocycles. The zero-order chi connectivity index (χ0) is 12.5. The lowest BCUT2D eigenvalue weighted by molar-refractivity contribution is 0.395. The van der Waals surface area contributed by atoms with E-state index in [1.54, 1.807) is 19.2 Å². The second-order valence-electron chi connectivity index (χ2n) is 3.81. The molecular formula is C12H10N4O2. The van der Waals surface area contributed by atoms with Gasteiger partial charge in [0.15, 0.2) is 0 Å². The van der Waals surface area contributed by atoms with Crippen molar-refractivity contribution >= 4 is 5.69 Å². The van der Waals surface area contributed by atoms with Crippen LogP contribution in [0.5, 0.6) is 0 Å². The van der Waals surface area contributed by atoms with E-state index in [1.165, 1.54) is 0 Å². The zero-order valence-corrected chi connectivity index (χ0v) is 9.62. The molecule has 6 heteroatoms. The molecule has 0 saturated carbocycles. The Morgan fingerprint density at radius 2 is 1.94 bits per heavy atom. The van der Waals surface area contributed by atoms with Gasteiger partial charge in [0.2, 0.25) is 5.82 Å². The summed E-state index contributed by atoms with van der Waals surface area (Å²) >= 11 is 0. The number of rotatable bonds is 2. The van der Waals surface area contributed by atoms with Crippen LogP contribution in [0.3, 0.4) is 0 Å². The van der Waals surface area contributed by atoms with Gasteiger partial charge < -0.3 is 14.8 Å². The molecule has 0 aliphatic heterocycles. The Morgan fingerprint density at radius 3 is 2.67 bits per heavy atom. The molecule has 3 aromatic rings. The van der Waals surface area contributed by atoms with Crippen molar-refractivity contribution in [1.29, 1.82) is 0 Å². The predicted molar refractivity (Wildman–Crippen MR) is 64.4 cm³/mol. The summed E-state index contributed by atoms with van der Waals surface area (Å²) in [6, 6.07) is 7.34. The van der Waals surface area contributed by atoms with Gasteiger partial charge in [0.05, 0.1) is 6.20 Å². The topological polar surface area (TPSA) is 91.0 Å². The molecule has 0 aliphatic rings. The number of aromatic nitrogens is 3. The van der Waals surface area contributed by atoms with Crippen molar-refractivity contribution in [2.45, 2.75) is 6.92 Å². The molecule has 0 unspecified atom stereocenters. The van der Waals surface area contributed by atoms with E-state index >= 15 is 0 Å². The van der Waals surface area contributed by atoms with E-state index in [9.17, 15) is 0 Å². The van der Waals surface area contributed by atoms with E-state index in [0.29, 0.717) is 28.7 Å². The Bertz CT molecular complexity index is 687. The summed E-state index contributed by atoms with van der Waals surface area (Å²) < 4.78 is 10.1. The Kier molecular flexibility index (Phi) is 2.33. The minimum Gasteiger partial charge on any atom is -0.398 e. The fourth-order valence-corrected chi connectivity index (χ4v) is 1.65. The Balaban J connectivity index is 2.05. The zero-order valence-electron chi connectivity index (χ0n) is 9.62. The van der Waals surface area contributed by atoms with Gasteiger partial charge in [-0.25, -0.2) is 0 Å². The highest BCUT2D eigenvalue weighted by atomic mass is 16.5. The molecule has 2 aromatic heterocycles. The Morgan fingerprint density at radius 1 is 1.11 bits per heavy atom. The lowest BCUT2D eigenvalue weighted by Gasteiger charge is -1.97. The summed E-state index contributed by atoms with van der Waals surface area (Å²) in [6.07, 6.45) is 1.54. The van der Waals surface area contributed by atoms with Crippen LogP contribution < -0.4 is 5.73 Å². The van der Waals surface area contributed by atoms with Crippen molar-refractivity contribution in [1.82, 2.24) is 15.3 Å². The second-order valence-corrected chi connectivity index (χ2v) is 3.81. The molecule has 0 fully saturated rings. The van der Waals surface area contributed by atoms with E-state index in [4.69, 9.17) is 14.8 Å². The molecule has 0 spiro atoms. The number of para-hydroxylation sites is 1. The molecule has 0 atom stereocenters. The van der Waals surface area contributed by atoms with Gasteiger partial charge >= 0.3 is 0 Å². The average molecular weight is 242 g/mol. The van der Waals surface area contributed by atoms with Crippen molar-refractivity contribution in [3.8, 4) is 22.8 Å². The molecule has 0 aliphatic carbocycles. The average Bonchev–Trinajstić information content (AvgIpc) is 2.98. The summed E-state index contributed by atoms with van der Waals surface area (Å²) in [4.78, 5) is 4.29. The smallest absolute Gasteiger partial charge is 0.263 e. The monoisotopic (exact) mass is 242 g/mol. The first-order chi connectivity index (χ1) is 8.75. The highest BCUT2D eigenvalue weighted by molar-refractivity contribution is 5.72. The van der Waals surface area contributed by atoms with Crippen LogP contribution in [0.2, 0.25) is 0 Å². The molecule has 0 radical (unpaired) electrons. The molecular weight excluding hydrogens is 232 g/mol. The lowest BCUT2D eigenvalue weighted by Crippen LogP contribution is -1.90. The number of aryl methyl sites for hydroxylation is 1. The molecule has 90 valence electrons.